The Kier molecular flexibility index (Phi) is 5.83. The molecule has 0 fully saturated rings. The molecule has 0 atom stereocenters. The maximum Gasteiger partial charge on any atom is 0.418 e. The lowest BCUT2D eigenvalue weighted by molar-refractivity contribution is -0.136. The second kappa shape index (κ2) is 9.34. The van der Waals surface area contributed by atoms with Crippen LogP contribution >= 0.6 is 0 Å². The van der Waals surface area contributed by atoms with Gasteiger partial charge in [0.25, 0.3) is 0 Å². The van der Waals surface area contributed by atoms with Crippen molar-refractivity contribution in [2.75, 3.05) is 0 Å². The zero-order valence-corrected chi connectivity index (χ0v) is 20.4. The number of aryl methyl sites for hydroxylation is 1. The number of alkyl halides is 3. The van der Waals surface area contributed by atoms with E-state index in [0.29, 0.717) is 40.1 Å². The normalized spacial score (nSPS) is 11.8. The fraction of sp³-hybridized carbons (Fsp3) is 0.0968. The van der Waals surface area contributed by atoms with Gasteiger partial charge >= 0.3 is 6.18 Å². The maximum atomic E-state index is 13.8. The fourth-order valence-electron chi connectivity index (χ4n) is 4.87. The third-order valence-corrected chi connectivity index (χ3v) is 6.60. The molecule has 0 bridgehead atoms. The van der Waals surface area contributed by atoms with Crippen molar-refractivity contribution in [3.63, 3.8) is 0 Å². The van der Waals surface area contributed by atoms with Gasteiger partial charge in [-0.2, -0.15) is 18.3 Å². The lowest BCUT2D eigenvalue weighted by Gasteiger charge is -2.16. The molecule has 0 saturated heterocycles. The summed E-state index contributed by atoms with van der Waals surface area (Å²) in [5, 5.41) is 9.81. The molecule has 0 spiro atoms. The molecule has 0 aliphatic carbocycles. The van der Waals surface area contributed by atoms with Crippen LogP contribution in [0.25, 0.3) is 32.9 Å². The van der Waals surface area contributed by atoms with Crippen LogP contribution in [0, 0.1) is 0 Å². The van der Waals surface area contributed by atoms with Crippen molar-refractivity contribution in [2.45, 2.75) is 12.6 Å². The predicted octanol–water partition coefficient (Wildman–Crippen LogP) is 8.19. The van der Waals surface area contributed by atoms with Crippen LogP contribution in [0.5, 0.6) is 11.5 Å². The molecule has 0 aliphatic heterocycles. The third-order valence-electron chi connectivity index (χ3n) is 6.60. The summed E-state index contributed by atoms with van der Waals surface area (Å²) in [6.07, 6.45) is -2.16. The Morgan fingerprint density at radius 2 is 1.61 bits per heavy atom. The molecule has 6 rings (SSSR count). The Bertz CT molecular complexity index is 1780. The van der Waals surface area contributed by atoms with Crippen molar-refractivity contribution >= 4 is 21.8 Å². The first-order valence-electron chi connectivity index (χ1n) is 12.1. The highest BCUT2D eigenvalue weighted by atomic mass is 19.4. The largest absolute Gasteiger partial charge is 0.455 e. The van der Waals surface area contributed by atoms with Crippen LogP contribution in [-0.2, 0) is 19.6 Å². The Morgan fingerprint density at radius 1 is 0.816 bits per heavy atom. The average molecular weight is 510 g/mol. The van der Waals surface area contributed by atoms with Crippen LogP contribution in [0.1, 0.15) is 16.8 Å². The molecule has 2 aromatic heterocycles. The molecule has 6 aromatic rings. The molecule has 4 aromatic carbocycles. The highest BCUT2D eigenvalue weighted by Gasteiger charge is 2.34. The van der Waals surface area contributed by atoms with Crippen LogP contribution in [0.4, 0.5) is 13.2 Å². The van der Waals surface area contributed by atoms with Crippen LogP contribution in [0.15, 0.2) is 103 Å². The Morgan fingerprint density at radius 3 is 2.42 bits per heavy atom. The van der Waals surface area contributed by atoms with E-state index in [4.69, 9.17) is 4.74 Å². The topological polar surface area (TPSA) is 39.9 Å². The van der Waals surface area contributed by atoms with E-state index >= 15 is 0 Å². The van der Waals surface area contributed by atoms with Gasteiger partial charge in [-0.15, -0.1) is 5.10 Å². The van der Waals surface area contributed by atoms with Gasteiger partial charge in [0.05, 0.1) is 16.8 Å². The first-order valence-corrected chi connectivity index (χ1v) is 12.1. The lowest BCUT2D eigenvalue weighted by Crippen LogP contribution is -2.09. The van der Waals surface area contributed by atoms with Gasteiger partial charge in [0.15, 0.2) is 5.75 Å². The van der Waals surface area contributed by atoms with Crippen LogP contribution in [0.2, 0.25) is 0 Å². The van der Waals surface area contributed by atoms with Crippen molar-refractivity contribution in [3.05, 3.63) is 120 Å². The summed E-state index contributed by atoms with van der Waals surface area (Å²) in [5.74, 6) is 1.26. The van der Waals surface area contributed by atoms with Gasteiger partial charge in [-0.3, -0.25) is 0 Å². The van der Waals surface area contributed by atoms with E-state index in [2.05, 4.69) is 10.2 Å². The van der Waals surface area contributed by atoms with Crippen molar-refractivity contribution in [2.24, 2.45) is 7.05 Å². The fourth-order valence-corrected chi connectivity index (χ4v) is 4.87. The summed E-state index contributed by atoms with van der Waals surface area (Å²) in [6, 6.07) is 29.0. The Labute approximate surface area is 216 Å². The number of ether oxygens (including phenoxy) is 1. The van der Waals surface area contributed by atoms with E-state index in [1.165, 1.54) is 6.07 Å². The summed E-state index contributed by atoms with van der Waals surface area (Å²) < 4.78 is 49.8. The number of rotatable bonds is 5. The van der Waals surface area contributed by atoms with Crippen molar-refractivity contribution in [1.29, 1.82) is 0 Å². The first kappa shape index (κ1) is 23.7. The van der Waals surface area contributed by atoms with Gasteiger partial charge in [0, 0.05) is 36.0 Å². The molecule has 0 N–H and O–H groups in total. The summed E-state index contributed by atoms with van der Waals surface area (Å²) >= 11 is 0. The van der Waals surface area contributed by atoms with Crippen LogP contribution < -0.4 is 4.74 Å². The highest BCUT2D eigenvalue weighted by molar-refractivity contribution is 5.97. The van der Waals surface area contributed by atoms with E-state index in [1.54, 1.807) is 6.07 Å². The number of hydrogen-bond acceptors (Lipinski definition) is 3. The average Bonchev–Trinajstić information content (AvgIpc) is 3.30. The monoisotopic (exact) mass is 509 g/mol. The lowest BCUT2D eigenvalue weighted by atomic mass is 9.94. The van der Waals surface area contributed by atoms with E-state index in [-0.39, 0.29) is 5.52 Å². The zero-order valence-electron chi connectivity index (χ0n) is 20.4. The standard InChI is InChI=1S/C31H22F3N3O/c1-37-17-16-21-10-6-15-27(30(21)37)38-23-12-5-11-22(19-23)28-24-13-7-14-25(31(32,33)34)29(24)36-35-26(28)18-20-8-3-2-4-9-20/h2-17,19H,18H2,1H3. The van der Waals surface area contributed by atoms with E-state index < -0.39 is 11.7 Å². The smallest absolute Gasteiger partial charge is 0.418 e. The Balaban J connectivity index is 1.51. The van der Waals surface area contributed by atoms with Crippen molar-refractivity contribution in [1.82, 2.24) is 14.8 Å². The SMILES string of the molecule is Cn1ccc2cccc(Oc3cccc(-c4c(Cc5ccccc5)nnc5c(C(F)(F)F)cccc45)c3)c21. The molecule has 4 nitrogen and oxygen atoms in total. The van der Waals surface area contributed by atoms with Gasteiger partial charge in [0.2, 0.25) is 0 Å². The van der Waals surface area contributed by atoms with Gasteiger partial charge in [-0.05, 0) is 41.5 Å². The molecule has 0 unspecified atom stereocenters. The molecule has 0 radical (unpaired) electrons. The van der Waals surface area contributed by atoms with E-state index in [1.807, 2.05) is 96.7 Å². The summed E-state index contributed by atoms with van der Waals surface area (Å²) in [7, 11) is 1.95. The highest BCUT2D eigenvalue weighted by Crippen LogP contribution is 2.39. The second-order valence-electron chi connectivity index (χ2n) is 9.13. The molecular formula is C31H22F3N3O. The van der Waals surface area contributed by atoms with Crippen LogP contribution in [-0.4, -0.2) is 14.8 Å². The van der Waals surface area contributed by atoms with Crippen molar-refractivity contribution < 1.29 is 17.9 Å². The van der Waals surface area contributed by atoms with E-state index in [9.17, 15) is 13.2 Å². The number of halogens is 3. The minimum atomic E-state index is -4.55. The minimum Gasteiger partial charge on any atom is -0.455 e. The van der Waals surface area contributed by atoms with Gasteiger partial charge < -0.3 is 9.30 Å². The third kappa shape index (κ3) is 4.36. The Hall–Kier alpha value is -4.65. The quantitative estimate of drug-likeness (QED) is 0.235. The summed E-state index contributed by atoms with van der Waals surface area (Å²) in [5.41, 5.74) is 2.85. The molecule has 0 amide bonds. The van der Waals surface area contributed by atoms with Crippen LogP contribution in [0.3, 0.4) is 0 Å². The number of aromatic nitrogens is 3. The molecule has 38 heavy (non-hydrogen) atoms. The van der Waals surface area contributed by atoms with E-state index in [0.717, 1.165) is 22.5 Å². The first-order chi connectivity index (χ1) is 18.4. The van der Waals surface area contributed by atoms with Gasteiger partial charge in [0.1, 0.15) is 11.3 Å². The summed E-state index contributed by atoms with van der Waals surface area (Å²) in [6.45, 7) is 0. The van der Waals surface area contributed by atoms with Gasteiger partial charge in [-0.1, -0.05) is 66.7 Å². The minimum absolute atomic E-state index is 0.174. The molecule has 7 heteroatoms. The molecule has 0 saturated carbocycles. The van der Waals surface area contributed by atoms with Gasteiger partial charge in [-0.25, -0.2) is 0 Å². The maximum absolute atomic E-state index is 13.8. The summed E-state index contributed by atoms with van der Waals surface area (Å²) in [4.78, 5) is 0. The zero-order chi connectivity index (χ0) is 26.3. The molecule has 2 heterocycles. The molecule has 0 aliphatic rings. The number of nitrogens with zero attached hydrogens (tertiary/aromatic N) is 3. The second-order valence-corrected chi connectivity index (χ2v) is 9.13. The molecule has 188 valence electrons. The van der Waals surface area contributed by atoms with Crippen molar-refractivity contribution in [3.8, 4) is 22.6 Å². The number of fused-ring (bicyclic) bond motifs is 2. The number of hydrogen-bond donors (Lipinski definition) is 0. The number of benzene rings is 4. The number of para-hydroxylation sites is 1. The predicted molar refractivity (Wildman–Crippen MR) is 142 cm³/mol. The molecular weight excluding hydrogens is 487 g/mol.